The van der Waals surface area contributed by atoms with Crippen molar-refractivity contribution in [2.24, 2.45) is 5.92 Å². The lowest BCUT2D eigenvalue weighted by atomic mass is 9.84. The van der Waals surface area contributed by atoms with E-state index in [1.807, 2.05) is 11.8 Å². The van der Waals surface area contributed by atoms with Crippen molar-refractivity contribution in [1.29, 1.82) is 0 Å². The van der Waals surface area contributed by atoms with Crippen LogP contribution >= 0.6 is 0 Å². The van der Waals surface area contributed by atoms with Crippen molar-refractivity contribution in [2.75, 3.05) is 13.1 Å². The lowest BCUT2D eigenvalue weighted by Gasteiger charge is -2.43. The number of carbonyl (C=O) groups excluding carboxylic acids is 3. The molecule has 3 N–H and O–H groups in total. The van der Waals surface area contributed by atoms with Crippen LogP contribution in [0.25, 0.3) is 0 Å². The van der Waals surface area contributed by atoms with E-state index in [-0.39, 0.29) is 47.5 Å². The Bertz CT molecular complexity index is 822. The van der Waals surface area contributed by atoms with Crippen LogP contribution in [0.3, 0.4) is 0 Å². The highest BCUT2D eigenvalue weighted by atomic mass is 16.2. The number of amides is 3. The van der Waals surface area contributed by atoms with Crippen LogP contribution in [0.5, 0.6) is 0 Å². The van der Waals surface area contributed by atoms with E-state index in [0.717, 1.165) is 19.4 Å². The molecular weight excluding hydrogens is 362 g/mol. The van der Waals surface area contributed by atoms with Crippen molar-refractivity contribution in [3.63, 3.8) is 0 Å². The summed E-state index contributed by atoms with van der Waals surface area (Å²) in [5.41, 5.74) is -0.199. The fourth-order valence-electron chi connectivity index (χ4n) is 4.79. The molecule has 28 heavy (non-hydrogen) atoms. The molecule has 0 aromatic carbocycles. The number of aromatic nitrogens is 2. The minimum absolute atomic E-state index is 0.0133. The molecule has 3 aliphatic rings. The third kappa shape index (κ3) is 3.45. The number of rotatable bonds is 3. The van der Waals surface area contributed by atoms with Crippen molar-refractivity contribution >= 4 is 17.7 Å². The van der Waals surface area contributed by atoms with Gasteiger partial charge in [-0.2, -0.15) is 0 Å². The monoisotopic (exact) mass is 389 g/mol. The van der Waals surface area contributed by atoms with E-state index in [1.54, 1.807) is 4.90 Å². The molecule has 0 spiro atoms. The summed E-state index contributed by atoms with van der Waals surface area (Å²) in [6.07, 6.45) is 6.15. The second-order valence-electron chi connectivity index (χ2n) is 8.17. The van der Waals surface area contributed by atoms with Gasteiger partial charge in [-0.25, -0.2) is 4.79 Å². The third-order valence-corrected chi connectivity index (χ3v) is 6.43. The number of hydrogen-bond donors (Lipinski definition) is 3. The van der Waals surface area contributed by atoms with Crippen LogP contribution in [0.2, 0.25) is 0 Å². The molecule has 3 fully saturated rings. The van der Waals surface area contributed by atoms with Crippen LogP contribution < -0.4 is 11.0 Å². The molecule has 1 saturated carbocycles. The van der Waals surface area contributed by atoms with E-state index in [2.05, 4.69) is 15.3 Å². The average molecular weight is 389 g/mol. The van der Waals surface area contributed by atoms with Gasteiger partial charge in [0.1, 0.15) is 11.7 Å². The van der Waals surface area contributed by atoms with Crippen molar-refractivity contribution in [1.82, 2.24) is 25.1 Å². The maximum Gasteiger partial charge on any atom is 0.323 e. The van der Waals surface area contributed by atoms with Gasteiger partial charge in [-0.05, 0) is 45.4 Å². The highest BCUT2D eigenvalue weighted by Gasteiger charge is 2.43. The molecule has 1 aromatic rings. The summed E-state index contributed by atoms with van der Waals surface area (Å²) in [6, 6.07) is -0.225. The Morgan fingerprint density at radius 3 is 2.57 bits per heavy atom. The van der Waals surface area contributed by atoms with Crippen LogP contribution in [0.4, 0.5) is 0 Å². The first kappa shape index (κ1) is 18.8. The lowest BCUT2D eigenvalue weighted by molar-refractivity contribution is -0.155. The van der Waals surface area contributed by atoms with Gasteiger partial charge in [0.25, 0.3) is 5.91 Å². The zero-order valence-electron chi connectivity index (χ0n) is 16.1. The summed E-state index contributed by atoms with van der Waals surface area (Å²) in [7, 11) is 0. The Hall–Kier alpha value is -2.58. The Morgan fingerprint density at radius 1 is 1.14 bits per heavy atom. The Labute approximate surface area is 162 Å². The smallest absolute Gasteiger partial charge is 0.323 e. The first-order valence-corrected chi connectivity index (χ1v) is 10.1. The fraction of sp³-hybridized carbons (Fsp3) is 0.684. The Morgan fingerprint density at radius 2 is 1.89 bits per heavy atom. The first-order chi connectivity index (χ1) is 13.4. The molecule has 0 bridgehead atoms. The molecule has 1 aromatic heterocycles. The second kappa shape index (κ2) is 7.44. The number of aromatic amines is 2. The molecule has 0 unspecified atom stereocenters. The van der Waals surface area contributed by atoms with Gasteiger partial charge in [0.2, 0.25) is 11.8 Å². The van der Waals surface area contributed by atoms with Crippen LogP contribution in [-0.4, -0.2) is 68.7 Å². The molecule has 4 rings (SSSR count). The summed E-state index contributed by atoms with van der Waals surface area (Å²) in [6.45, 7) is 3.29. The van der Waals surface area contributed by atoms with Gasteiger partial charge in [0.05, 0.1) is 0 Å². The standard InChI is InChI=1S/C19H27N5O4/c1-11-17(26)23-8-2-3-14(23)10-24(11)18(27)12-4-6-13(7-5-12)21-16(25)15-9-20-19(28)22-15/h9,11-14H,2-8,10H2,1H3,(H,21,25)(H2,20,22,28)/t11-,12?,13?,14-/m0/s1. The summed E-state index contributed by atoms with van der Waals surface area (Å²) in [5, 5.41) is 2.92. The van der Waals surface area contributed by atoms with E-state index in [0.29, 0.717) is 32.2 Å². The van der Waals surface area contributed by atoms with Gasteiger partial charge in [0.15, 0.2) is 0 Å². The number of hydrogen-bond acceptors (Lipinski definition) is 4. The molecule has 9 nitrogen and oxygen atoms in total. The SMILES string of the molecule is C[C@H]1C(=O)N2CCC[C@H]2CN1C(=O)C1CCC(NC(=O)c2c[nH]c(=O)[nH]2)CC1. The first-order valence-electron chi connectivity index (χ1n) is 10.1. The maximum absolute atomic E-state index is 13.1. The van der Waals surface area contributed by atoms with Gasteiger partial charge in [0, 0.05) is 37.3 Å². The van der Waals surface area contributed by atoms with E-state index in [9.17, 15) is 19.2 Å². The number of piperazine rings is 1. The van der Waals surface area contributed by atoms with Crippen molar-refractivity contribution in [2.45, 2.75) is 63.6 Å². The van der Waals surface area contributed by atoms with Crippen LogP contribution in [0.15, 0.2) is 11.0 Å². The normalized spacial score (nSPS) is 30.2. The quantitative estimate of drug-likeness (QED) is 0.685. The number of imidazole rings is 1. The van der Waals surface area contributed by atoms with Crippen LogP contribution in [-0.2, 0) is 9.59 Å². The van der Waals surface area contributed by atoms with Crippen molar-refractivity contribution in [3.05, 3.63) is 22.4 Å². The summed E-state index contributed by atoms with van der Waals surface area (Å²) in [4.78, 5) is 57.5. The Kier molecular flexibility index (Phi) is 4.99. The predicted molar refractivity (Wildman–Crippen MR) is 101 cm³/mol. The molecule has 3 heterocycles. The van der Waals surface area contributed by atoms with Gasteiger partial charge >= 0.3 is 5.69 Å². The summed E-state index contributed by atoms with van der Waals surface area (Å²) >= 11 is 0. The summed E-state index contributed by atoms with van der Waals surface area (Å²) in [5.74, 6) is -0.260. The second-order valence-corrected chi connectivity index (χ2v) is 8.17. The van der Waals surface area contributed by atoms with E-state index >= 15 is 0 Å². The number of carbonyl (C=O) groups is 3. The van der Waals surface area contributed by atoms with Crippen molar-refractivity contribution in [3.8, 4) is 0 Å². The Balaban J connectivity index is 1.32. The molecule has 2 atom stereocenters. The van der Waals surface area contributed by atoms with Gasteiger partial charge in [-0.15, -0.1) is 0 Å². The van der Waals surface area contributed by atoms with Crippen LogP contribution in [0, 0.1) is 5.92 Å². The predicted octanol–water partition coefficient (Wildman–Crippen LogP) is 0.213. The molecule has 152 valence electrons. The number of nitrogens with zero attached hydrogens (tertiary/aromatic N) is 2. The molecule has 1 aliphatic carbocycles. The molecule has 2 saturated heterocycles. The topological polar surface area (TPSA) is 118 Å². The minimum Gasteiger partial charge on any atom is -0.348 e. The van der Waals surface area contributed by atoms with Crippen LogP contribution in [0.1, 0.15) is 55.9 Å². The zero-order valence-corrected chi connectivity index (χ0v) is 16.1. The van der Waals surface area contributed by atoms with E-state index in [4.69, 9.17) is 0 Å². The highest BCUT2D eigenvalue weighted by molar-refractivity contribution is 5.92. The van der Waals surface area contributed by atoms with Gasteiger partial charge in [-0.1, -0.05) is 0 Å². The van der Waals surface area contributed by atoms with Crippen molar-refractivity contribution < 1.29 is 14.4 Å². The zero-order chi connectivity index (χ0) is 19.8. The largest absolute Gasteiger partial charge is 0.348 e. The van der Waals surface area contributed by atoms with E-state index < -0.39 is 5.69 Å². The minimum atomic E-state index is -0.412. The maximum atomic E-state index is 13.1. The molecule has 2 aliphatic heterocycles. The number of H-pyrrole nitrogens is 2. The highest BCUT2D eigenvalue weighted by Crippen LogP contribution is 2.31. The lowest BCUT2D eigenvalue weighted by Crippen LogP contribution is -2.61. The fourth-order valence-corrected chi connectivity index (χ4v) is 4.79. The number of nitrogens with one attached hydrogen (secondary N) is 3. The average Bonchev–Trinajstić information content (AvgIpc) is 3.33. The molecule has 9 heteroatoms. The number of fused-ring (bicyclic) bond motifs is 1. The molecular formula is C19H27N5O4. The van der Waals surface area contributed by atoms with E-state index in [1.165, 1.54) is 6.20 Å². The van der Waals surface area contributed by atoms with Gasteiger partial charge in [-0.3, -0.25) is 14.4 Å². The molecule has 0 radical (unpaired) electrons. The van der Waals surface area contributed by atoms with Gasteiger partial charge < -0.3 is 25.1 Å². The summed E-state index contributed by atoms with van der Waals surface area (Å²) < 4.78 is 0. The molecule has 3 amide bonds. The third-order valence-electron chi connectivity index (χ3n) is 6.43.